The molecule has 1 fully saturated rings. The number of amidine groups is 1. The van der Waals surface area contributed by atoms with Crippen LogP contribution in [0.4, 0.5) is 5.69 Å². The molecule has 0 saturated carbocycles. The normalized spacial score (nSPS) is 17.0. The monoisotopic (exact) mass is 401 g/mol. The fourth-order valence-electron chi connectivity index (χ4n) is 2.27. The highest BCUT2D eigenvalue weighted by Gasteiger charge is 2.30. The molecule has 138 valence electrons. The van der Waals surface area contributed by atoms with Crippen molar-refractivity contribution in [2.24, 2.45) is 10.7 Å². The summed E-state index contributed by atoms with van der Waals surface area (Å²) < 4.78 is 5.22. The molecule has 0 bridgehead atoms. The van der Waals surface area contributed by atoms with E-state index in [-0.39, 0.29) is 12.5 Å². The molecule has 1 heterocycles. The number of ether oxygens (including phenoxy) is 1. The van der Waals surface area contributed by atoms with E-state index in [4.69, 9.17) is 22.1 Å². The lowest BCUT2D eigenvalue weighted by Gasteiger charge is -2.07. The van der Waals surface area contributed by atoms with Crippen LogP contribution in [0.25, 0.3) is 6.08 Å². The van der Waals surface area contributed by atoms with Crippen molar-refractivity contribution < 1.29 is 14.3 Å². The molecular weight excluding hydrogens is 386 g/mol. The smallest absolute Gasteiger partial charge is 0.266 e. The van der Waals surface area contributed by atoms with Crippen molar-refractivity contribution in [3.05, 3.63) is 64.0 Å². The third-order valence-corrected chi connectivity index (χ3v) is 4.89. The van der Waals surface area contributed by atoms with Crippen LogP contribution in [0.3, 0.4) is 0 Å². The Balaban J connectivity index is 1.77. The number of nitrogens with zero attached hydrogens (tertiary/aromatic N) is 2. The second-order valence-electron chi connectivity index (χ2n) is 5.67. The number of primary amides is 1. The summed E-state index contributed by atoms with van der Waals surface area (Å²) in [5.74, 6) is -0.139. The van der Waals surface area contributed by atoms with E-state index in [1.807, 2.05) is 12.1 Å². The van der Waals surface area contributed by atoms with Gasteiger partial charge in [0, 0.05) is 12.1 Å². The van der Waals surface area contributed by atoms with Gasteiger partial charge in [0.25, 0.3) is 11.8 Å². The number of rotatable bonds is 5. The molecule has 6 nitrogen and oxygen atoms in total. The van der Waals surface area contributed by atoms with Crippen molar-refractivity contribution in [1.82, 2.24) is 4.90 Å². The maximum Gasteiger partial charge on any atom is 0.266 e. The number of carbonyl (C=O) groups excluding carboxylic acids is 2. The lowest BCUT2D eigenvalue weighted by atomic mass is 10.2. The van der Waals surface area contributed by atoms with Gasteiger partial charge in [-0.15, -0.1) is 0 Å². The van der Waals surface area contributed by atoms with E-state index in [0.29, 0.717) is 26.5 Å². The average Bonchev–Trinajstić information content (AvgIpc) is 2.89. The number of nitrogens with two attached hydrogens (primary N) is 1. The lowest BCUT2D eigenvalue weighted by molar-refractivity contribution is -0.121. The highest BCUT2D eigenvalue weighted by molar-refractivity contribution is 8.18. The van der Waals surface area contributed by atoms with Gasteiger partial charge in [0.05, 0.1) is 10.6 Å². The molecule has 0 spiro atoms. The fraction of sp³-hybridized carbons (Fsp3) is 0.105. The summed E-state index contributed by atoms with van der Waals surface area (Å²) >= 11 is 7.27. The number of halogens is 1. The average molecular weight is 402 g/mol. The minimum atomic E-state index is -0.538. The number of benzene rings is 2. The molecule has 2 aromatic carbocycles. The van der Waals surface area contributed by atoms with Gasteiger partial charge in [0.1, 0.15) is 5.75 Å². The lowest BCUT2D eigenvalue weighted by Crippen LogP contribution is -2.23. The first-order chi connectivity index (χ1) is 12.9. The number of likely N-dealkylation sites (N-methyl/N-ethyl adjacent to an activating group) is 1. The van der Waals surface area contributed by atoms with Gasteiger partial charge in [-0.1, -0.05) is 29.8 Å². The van der Waals surface area contributed by atoms with Crippen LogP contribution in [-0.2, 0) is 9.59 Å². The summed E-state index contributed by atoms with van der Waals surface area (Å²) in [6.45, 7) is -0.178. The predicted octanol–water partition coefficient (Wildman–Crippen LogP) is 3.44. The number of carbonyl (C=O) groups is 2. The first-order valence-electron chi connectivity index (χ1n) is 7.95. The Morgan fingerprint density at radius 2 is 2.04 bits per heavy atom. The van der Waals surface area contributed by atoms with E-state index >= 15 is 0 Å². The quantitative estimate of drug-likeness (QED) is 0.777. The molecule has 1 aliphatic heterocycles. The van der Waals surface area contributed by atoms with E-state index in [2.05, 4.69) is 4.99 Å². The van der Waals surface area contributed by atoms with Crippen LogP contribution >= 0.6 is 23.4 Å². The van der Waals surface area contributed by atoms with E-state index in [1.165, 1.54) is 16.7 Å². The second-order valence-corrected chi connectivity index (χ2v) is 7.12. The third kappa shape index (κ3) is 4.90. The Labute approximate surface area is 165 Å². The predicted molar refractivity (Wildman–Crippen MR) is 108 cm³/mol. The Kier molecular flexibility index (Phi) is 5.83. The van der Waals surface area contributed by atoms with Crippen LogP contribution in [0, 0.1) is 0 Å². The molecule has 2 amide bonds. The number of hydrogen-bond acceptors (Lipinski definition) is 5. The summed E-state index contributed by atoms with van der Waals surface area (Å²) in [6, 6.07) is 14.1. The van der Waals surface area contributed by atoms with E-state index in [1.54, 1.807) is 49.5 Å². The van der Waals surface area contributed by atoms with Crippen LogP contribution in [0.2, 0.25) is 5.02 Å². The van der Waals surface area contributed by atoms with Crippen molar-refractivity contribution in [1.29, 1.82) is 0 Å². The molecule has 27 heavy (non-hydrogen) atoms. The molecule has 2 aromatic rings. The number of aliphatic imine (C=N–C) groups is 1. The topological polar surface area (TPSA) is 85.0 Å². The largest absolute Gasteiger partial charge is 0.484 e. The molecule has 2 N–H and O–H groups in total. The number of thioether (sulfide) groups is 1. The van der Waals surface area contributed by atoms with E-state index in [9.17, 15) is 9.59 Å². The maximum atomic E-state index is 12.5. The van der Waals surface area contributed by atoms with Crippen molar-refractivity contribution in [2.75, 3.05) is 13.7 Å². The van der Waals surface area contributed by atoms with Crippen molar-refractivity contribution in [3.8, 4) is 5.75 Å². The second kappa shape index (κ2) is 8.28. The molecule has 0 atom stereocenters. The Morgan fingerprint density at radius 1 is 1.30 bits per heavy atom. The molecule has 1 aliphatic rings. The molecule has 0 unspecified atom stereocenters. The van der Waals surface area contributed by atoms with Gasteiger partial charge in [-0.3, -0.25) is 14.5 Å². The highest BCUT2D eigenvalue weighted by Crippen LogP contribution is 2.33. The first-order valence-corrected chi connectivity index (χ1v) is 9.15. The van der Waals surface area contributed by atoms with Gasteiger partial charge < -0.3 is 10.5 Å². The van der Waals surface area contributed by atoms with Crippen LogP contribution in [0.1, 0.15) is 5.56 Å². The minimum Gasteiger partial charge on any atom is -0.484 e. The third-order valence-electron chi connectivity index (χ3n) is 3.60. The zero-order valence-corrected chi connectivity index (χ0v) is 16.0. The standard InChI is InChI=1S/C19H16ClN3O3S/c1-23-18(25)16(27-19(23)22-14-4-2-3-13(20)10-14)9-12-5-7-15(8-6-12)26-11-17(21)24/h2-10H,11H2,1H3,(H2,21,24)/b16-9+,22-19?. The van der Waals surface area contributed by atoms with Gasteiger partial charge in [-0.25, -0.2) is 4.99 Å². The first kappa shape index (κ1) is 19.0. The number of amides is 2. The van der Waals surface area contributed by atoms with Gasteiger partial charge in [0.2, 0.25) is 0 Å². The highest BCUT2D eigenvalue weighted by atomic mass is 35.5. The van der Waals surface area contributed by atoms with Crippen LogP contribution in [0.15, 0.2) is 58.4 Å². The fourth-order valence-corrected chi connectivity index (χ4v) is 3.45. The summed E-state index contributed by atoms with van der Waals surface area (Å²) in [5.41, 5.74) is 6.56. The molecular formula is C19H16ClN3O3S. The van der Waals surface area contributed by atoms with Gasteiger partial charge in [-0.2, -0.15) is 0 Å². The van der Waals surface area contributed by atoms with Crippen molar-refractivity contribution >= 4 is 52.1 Å². The SMILES string of the molecule is CN1C(=O)/C(=C\c2ccc(OCC(N)=O)cc2)SC1=Nc1cccc(Cl)c1. The van der Waals surface area contributed by atoms with Crippen molar-refractivity contribution in [3.63, 3.8) is 0 Å². The van der Waals surface area contributed by atoms with Crippen molar-refractivity contribution in [2.45, 2.75) is 0 Å². The van der Waals surface area contributed by atoms with E-state index in [0.717, 1.165) is 5.56 Å². The number of hydrogen-bond donors (Lipinski definition) is 1. The molecule has 1 saturated heterocycles. The van der Waals surface area contributed by atoms with Crippen LogP contribution in [-0.4, -0.2) is 35.5 Å². The zero-order valence-electron chi connectivity index (χ0n) is 14.4. The molecule has 0 aromatic heterocycles. The van der Waals surface area contributed by atoms with Gasteiger partial charge >= 0.3 is 0 Å². The minimum absolute atomic E-state index is 0.130. The molecule has 3 rings (SSSR count). The van der Waals surface area contributed by atoms with E-state index < -0.39 is 5.91 Å². The maximum absolute atomic E-state index is 12.5. The zero-order chi connectivity index (χ0) is 19.4. The van der Waals surface area contributed by atoms with Crippen LogP contribution < -0.4 is 10.5 Å². The summed E-state index contributed by atoms with van der Waals surface area (Å²) in [5, 5.41) is 1.16. The summed E-state index contributed by atoms with van der Waals surface area (Å²) in [4.78, 5) is 29.8. The Hall–Kier alpha value is -2.77. The molecule has 0 radical (unpaired) electrons. The summed E-state index contributed by atoms with van der Waals surface area (Å²) in [6.07, 6.45) is 1.78. The van der Waals surface area contributed by atoms with Gasteiger partial charge in [-0.05, 0) is 53.7 Å². The Bertz CT molecular complexity index is 941. The molecule has 0 aliphatic carbocycles. The van der Waals surface area contributed by atoms with Gasteiger partial charge in [0.15, 0.2) is 11.8 Å². The molecule has 8 heteroatoms. The van der Waals surface area contributed by atoms with Crippen LogP contribution in [0.5, 0.6) is 5.75 Å². The summed E-state index contributed by atoms with van der Waals surface area (Å²) in [7, 11) is 1.68. The Morgan fingerprint density at radius 3 is 2.70 bits per heavy atom.